The van der Waals surface area contributed by atoms with Crippen LogP contribution >= 0.6 is 0 Å². The normalized spacial score (nSPS) is 17.0. The first-order chi connectivity index (χ1) is 10.8. The van der Waals surface area contributed by atoms with Crippen molar-refractivity contribution in [2.45, 2.75) is 40.0 Å². The van der Waals surface area contributed by atoms with Crippen LogP contribution in [0.15, 0.2) is 20.9 Å². The van der Waals surface area contributed by atoms with Crippen molar-refractivity contribution in [3.63, 3.8) is 0 Å². The van der Waals surface area contributed by atoms with E-state index >= 15 is 0 Å². The maximum atomic E-state index is 12.5. The molecule has 0 aromatic carbocycles. The Morgan fingerprint density at radius 2 is 2.04 bits per heavy atom. The number of aromatic amines is 1. The molecule has 1 unspecified atom stereocenters. The van der Waals surface area contributed by atoms with E-state index in [-0.39, 0.29) is 23.9 Å². The maximum absolute atomic E-state index is 12.5. The van der Waals surface area contributed by atoms with E-state index in [9.17, 15) is 14.4 Å². The van der Waals surface area contributed by atoms with E-state index in [1.54, 1.807) is 13.8 Å². The lowest BCUT2D eigenvalue weighted by atomic mass is 9.82. The lowest BCUT2D eigenvalue weighted by Crippen LogP contribution is -2.45. The first-order valence-corrected chi connectivity index (χ1v) is 7.57. The second-order valence-electron chi connectivity index (χ2n) is 5.96. The van der Waals surface area contributed by atoms with Gasteiger partial charge in [0, 0.05) is 11.6 Å². The number of fused-ring (bicyclic) bond motifs is 1. The van der Waals surface area contributed by atoms with Gasteiger partial charge in [-0.25, -0.2) is 9.59 Å². The standard InChI is InChI=1S/C15H22N4O4/c1-5-23-14(21)10-8(4)17-12-11(9(10)6-7(2)3)13(20)19(16)15(22)18-12/h7,9,17H,5-6,16H2,1-4H3,(H,18,22). The molecule has 1 aliphatic rings. The van der Waals surface area contributed by atoms with E-state index in [1.165, 1.54) is 0 Å². The molecular formula is C15H22N4O4. The zero-order valence-corrected chi connectivity index (χ0v) is 13.7. The molecule has 126 valence electrons. The van der Waals surface area contributed by atoms with E-state index in [0.29, 0.717) is 22.4 Å². The van der Waals surface area contributed by atoms with Crippen LogP contribution < -0.4 is 22.4 Å². The topological polar surface area (TPSA) is 119 Å². The Kier molecular flexibility index (Phi) is 4.63. The number of hydrogen-bond acceptors (Lipinski definition) is 6. The molecule has 2 rings (SSSR count). The Balaban J connectivity index is 2.68. The van der Waals surface area contributed by atoms with Crippen LogP contribution in [0.5, 0.6) is 0 Å². The zero-order valence-electron chi connectivity index (χ0n) is 13.7. The number of H-pyrrole nitrogens is 1. The predicted octanol–water partition coefficient (Wildman–Crippen LogP) is 0.643. The van der Waals surface area contributed by atoms with Gasteiger partial charge >= 0.3 is 11.7 Å². The fourth-order valence-corrected chi connectivity index (χ4v) is 2.86. The van der Waals surface area contributed by atoms with Gasteiger partial charge in [0.25, 0.3) is 5.56 Å². The first kappa shape index (κ1) is 16.9. The number of allylic oxidation sites excluding steroid dienone is 1. The second-order valence-corrected chi connectivity index (χ2v) is 5.96. The highest BCUT2D eigenvalue weighted by molar-refractivity contribution is 5.93. The molecule has 0 saturated carbocycles. The molecule has 8 heteroatoms. The van der Waals surface area contributed by atoms with Gasteiger partial charge in [0.05, 0.1) is 17.7 Å². The number of nitrogens with zero attached hydrogens (tertiary/aromatic N) is 1. The molecule has 1 aliphatic heterocycles. The van der Waals surface area contributed by atoms with Crippen molar-refractivity contribution in [3.8, 4) is 0 Å². The van der Waals surface area contributed by atoms with Crippen molar-refractivity contribution in [2.75, 3.05) is 17.8 Å². The number of anilines is 1. The quantitative estimate of drug-likeness (QED) is 0.553. The van der Waals surface area contributed by atoms with Crippen LogP contribution in [0.25, 0.3) is 0 Å². The number of nitrogens with two attached hydrogens (primary N) is 1. The Hall–Kier alpha value is -2.51. The highest BCUT2D eigenvalue weighted by atomic mass is 16.5. The summed E-state index contributed by atoms with van der Waals surface area (Å²) < 4.78 is 5.65. The summed E-state index contributed by atoms with van der Waals surface area (Å²) in [6, 6.07) is 0. The number of aromatic nitrogens is 2. The molecule has 0 radical (unpaired) electrons. The average Bonchev–Trinajstić information content (AvgIpc) is 2.44. The summed E-state index contributed by atoms with van der Waals surface area (Å²) in [6.07, 6.45) is 0.557. The van der Waals surface area contributed by atoms with E-state index in [0.717, 1.165) is 0 Å². The number of ether oxygens (including phenoxy) is 1. The third-order valence-corrected chi connectivity index (χ3v) is 3.79. The van der Waals surface area contributed by atoms with Crippen molar-refractivity contribution < 1.29 is 9.53 Å². The molecule has 1 aromatic rings. The van der Waals surface area contributed by atoms with Crippen LogP contribution in [-0.2, 0) is 9.53 Å². The van der Waals surface area contributed by atoms with Gasteiger partial charge in [-0.3, -0.25) is 9.78 Å². The second kappa shape index (κ2) is 6.31. The number of carbonyl (C=O) groups is 1. The molecule has 23 heavy (non-hydrogen) atoms. The van der Waals surface area contributed by atoms with Crippen LogP contribution in [-0.4, -0.2) is 22.2 Å². The largest absolute Gasteiger partial charge is 0.463 e. The Bertz CT molecular complexity index is 773. The minimum absolute atomic E-state index is 0.223. The van der Waals surface area contributed by atoms with Crippen molar-refractivity contribution >= 4 is 11.8 Å². The van der Waals surface area contributed by atoms with Crippen molar-refractivity contribution in [1.29, 1.82) is 0 Å². The van der Waals surface area contributed by atoms with Gasteiger partial charge in [-0.2, -0.15) is 4.68 Å². The molecule has 4 N–H and O–H groups in total. The molecule has 1 atom stereocenters. The van der Waals surface area contributed by atoms with Gasteiger partial charge in [0.15, 0.2) is 0 Å². The van der Waals surface area contributed by atoms with Gasteiger partial charge in [-0.1, -0.05) is 13.8 Å². The minimum atomic E-state index is -0.711. The Morgan fingerprint density at radius 3 is 2.61 bits per heavy atom. The average molecular weight is 322 g/mol. The molecule has 0 spiro atoms. The lowest BCUT2D eigenvalue weighted by molar-refractivity contribution is -0.139. The van der Waals surface area contributed by atoms with Crippen molar-refractivity contribution in [3.05, 3.63) is 37.7 Å². The van der Waals surface area contributed by atoms with E-state index < -0.39 is 23.1 Å². The van der Waals surface area contributed by atoms with E-state index in [1.807, 2.05) is 13.8 Å². The monoisotopic (exact) mass is 322 g/mol. The molecule has 0 amide bonds. The van der Waals surface area contributed by atoms with Gasteiger partial charge < -0.3 is 15.9 Å². The zero-order chi connectivity index (χ0) is 17.3. The summed E-state index contributed by atoms with van der Waals surface area (Å²) in [5.41, 5.74) is -0.0776. The maximum Gasteiger partial charge on any atom is 0.348 e. The fourth-order valence-electron chi connectivity index (χ4n) is 2.86. The van der Waals surface area contributed by atoms with Crippen LogP contribution in [0.2, 0.25) is 0 Å². The molecule has 2 heterocycles. The van der Waals surface area contributed by atoms with Crippen LogP contribution in [0, 0.1) is 5.92 Å². The van der Waals surface area contributed by atoms with Gasteiger partial charge in [-0.05, 0) is 26.2 Å². The van der Waals surface area contributed by atoms with E-state index in [4.69, 9.17) is 10.6 Å². The van der Waals surface area contributed by atoms with Crippen molar-refractivity contribution in [2.24, 2.45) is 5.92 Å². The third-order valence-electron chi connectivity index (χ3n) is 3.79. The van der Waals surface area contributed by atoms with Crippen LogP contribution in [0.3, 0.4) is 0 Å². The Morgan fingerprint density at radius 1 is 1.39 bits per heavy atom. The molecule has 8 nitrogen and oxygen atoms in total. The predicted molar refractivity (Wildman–Crippen MR) is 86.6 cm³/mol. The molecular weight excluding hydrogens is 300 g/mol. The summed E-state index contributed by atoms with van der Waals surface area (Å²) in [4.78, 5) is 39.1. The number of nitrogens with one attached hydrogen (secondary N) is 2. The fraction of sp³-hybridized carbons (Fsp3) is 0.533. The summed E-state index contributed by atoms with van der Waals surface area (Å²) in [5, 5.41) is 2.92. The Labute approximate surface area is 133 Å². The number of hydrogen-bond donors (Lipinski definition) is 3. The number of esters is 1. The van der Waals surface area contributed by atoms with E-state index in [2.05, 4.69) is 10.3 Å². The molecule has 1 aromatic heterocycles. The van der Waals surface area contributed by atoms with Gasteiger partial charge in [0.2, 0.25) is 0 Å². The van der Waals surface area contributed by atoms with Gasteiger partial charge in [0.1, 0.15) is 5.82 Å². The molecule has 0 saturated heterocycles. The smallest absolute Gasteiger partial charge is 0.348 e. The van der Waals surface area contributed by atoms with Gasteiger partial charge in [-0.15, -0.1) is 0 Å². The highest BCUT2D eigenvalue weighted by Gasteiger charge is 2.35. The first-order valence-electron chi connectivity index (χ1n) is 7.57. The summed E-state index contributed by atoms with van der Waals surface area (Å²) >= 11 is 0. The summed E-state index contributed by atoms with van der Waals surface area (Å²) in [5.74, 6) is 5.08. The van der Waals surface area contributed by atoms with Crippen LogP contribution in [0.1, 0.15) is 45.6 Å². The minimum Gasteiger partial charge on any atom is -0.463 e. The highest BCUT2D eigenvalue weighted by Crippen LogP contribution is 2.38. The lowest BCUT2D eigenvalue weighted by Gasteiger charge is -2.29. The SMILES string of the molecule is CCOC(=O)C1=C(C)Nc2[nH]c(=O)n(N)c(=O)c2C1CC(C)C. The third kappa shape index (κ3) is 3.01. The molecule has 0 fully saturated rings. The number of nitrogen functional groups attached to an aromatic ring is 1. The summed E-state index contributed by atoms with van der Waals surface area (Å²) in [6.45, 7) is 7.66. The van der Waals surface area contributed by atoms with Crippen molar-refractivity contribution in [1.82, 2.24) is 9.66 Å². The summed E-state index contributed by atoms with van der Waals surface area (Å²) in [7, 11) is 0. The molecule has 0 aliphatic carbocycles. The molecule has 0 bridgehead atoms. The number of carbonyl (C=O) groups excluding carboxylic acids is 1. The number of rotatable bonds is 4. The van der Waals surface area contributed by atoms with Crippen LogP contribution in [0.4, 0.5) is 5.82 Å².